The van der Waals surface area contributed by atoms with E-state index in [0.717, 1.165) is 17.7 Å². The Kier molecular flexibility index (Phi) is 5.58. The smallest absolute Gasteiger partial charge is 0.333 e. The van der Waals surface area contributed by atoms with Gasteiger partial charge in [-0.2, -0.15) is 5.10 Å². The van der Waals surface area contributed by atoms with Crippen molar-refractivity contribution in [2.24, 2.45) is 7.05 Å². The molecule has 0 fully saturated rings. The number of aryl methyl sites for hydroxylation is 1. The molecule has 0 amide bonds. The highest BCUT2D eigenvalue weighted by Gasteiger charge is 2.07. The monoisotopic (exact) mass is 251 g/mol. The summed E-state index contributed by atoms with van der Waals surface area (Å²) >= 11 is 0. The van der Waals surface area contributed by atoms with E-state index in [1.54, 1.807) is 4.68 Å². The van der Waals surface area contributed by atoms with Crippen molar-refractivity contribution in [2.75, 3.05) is 20.7 Å². The summed E-state index contributed by atoms with van der Waals surface area (Å²) < 4.78 is 6.50. The van der Waals surface area contributed by atoms with Crippen LogP contribution in [0, 0.1) is 0 Å². The molecular weight excluding hydrogens is 230 g/mol. The number of carbonyl (C=O) groups excluding carboxylic acids is 1. The van der Waals surface area contributed by atoms with Crippen LogP contribution in [0.1, 0.15) is 18.9 Å². The van der Waals surface area contributed by atoms with Crippen molar-refractivity contribution in [1.29, 1.82) is 0 Å². The third kappa shape index (κ3) is 4.33. The fraction of sp³-hybridized carbons (Fsp3) is 0.538. The summed E-state index contributed by atoms with van der Waals surface area (Å²) in [5.74, 6) is -0.243. The first kappa shape index (κ1) is 14.4. The number of likely N-dealkylation sites (N-methyl/N-ethyl adjacent to an activating group) is 1. The van der Waals surface area contributed by atoms with Crippen molar-refractivity contribution in [3.8, 4) is 0 Å². The molecule has 0 N–H and O–H groups in total. The van der Waals surface area contributed by atoms with Crippen LogP contribution in [-0.2, 0) is 23.1 Å². The first-order valence-corrected chi connectivity index (χ1v) is 6.00. The van der Waals surface area contributed by atoms with Crippen molar-refractivity contribution in [3.63, 3.8) is 0 Å². The molecule has 1 aromatic rings. The molecule has 100 valence electrons. The second-order valence-electron chi connectivity index (χ2n) is 4.29. The maximum absolute atomic E-state index is 11.4. The Morgan fingerprint density at radius 2 is 2.33 bits per heavy atom. The Hall–Kier alpha value is -1.62. The number of rotatable bonds is 6. The summed E-state index contributed by atoms with van der Waals surface area (Å²) in [6.07, 6.45) is 6.44. The summed E-state index contributed by atoms with van der Waals surface area (Å²) in [4.78, 5) is 13.5. The SMILES string of the molecule is CCC(=CCN(C)Cc1cnn(C)c1)C(=O)OC. The summed E-state index contributed by atoms with van der Waals surface area (Å²) in [5.41, 5.74) is 1.88. The van der Waals surface area contributed by atoms with Gasteiger partial charge in [0, 0.05) is 37.5 Å². The fourth-order valence-corrected chi connectivity index (χ4v) is 1.70. The van der Waals surface area contributed by atoms with Gasteiger partial charge in [-0.05, 0) is 13.5 Å². The van der Waals surface area contributed by atoms with Crippen molar-refractivity contribution in [2.45, 2.75) is 19.9 Å². The summed E-state index contributed by atoms with van der Waals surface area (Å²) in [6.45, 7) is 3.47. The molecule has 1 aromatic heterocycles. The van der Waals surface area contributed by atoms with Crippen LogP contribution in [0.15, 0.2) is 24.0 Å². The summed E-state index contributed by atoms with van der Waals surface area (Å²) in [6, 6.07) is 0. The zero-order chi connectivity index (χ0) is 13.5. The molecule has 0 aliphatic heterocycles. The third-order valence-corrected chi connectivity index (χ3v) is 2.69. The fourth-order valence-electron chi connectivity index (χ4n) is 1.70. The quantitative estimate of drug-likeness (QED) is 0.566. The molecule has 0 radical (unpaired) electrons. The van der Waals surface area contributed by atoms with Crippen LogP contribution in [0.5, 0.6) is 0 Å². The minimum absolute atomic E-state index is 0.243. The van der Waals surface area contributed by atoms with Gasteiger partial charge in [0.15, 0.2) is 0 Å². The highest BCUT2D eigenvalue weighted by atomic mass is 16.5. The maximum Gasteiger partial charge on any atom is 0.333 e. The third-order valence-electron chi connectivity index (χ3n) is 2.69. The van der Waals surface area contributed by atoms with Gasteiger partial charge in [0.25, 0.3) is 0 Å². The van der Waals surface area contributed by atoms with Crippen LogP contribution in [0.4, 0.5) is 0 Å². The molecule has 5 nitrogen and oxygen atoms in total. The standard InChI is InChI=1S/C13H21N3O2/c1-5-12(13(17)18-4)6-7-15(2)9-11-8-14-16(3)10-11/h6,8,10H,5,7,9H2,1-4H3. The van der Waals surface area contributed by atoms with Gasteiger partial charge >= 0.3 is 5.97 Å². The van der Waals surface area contributed by atoms with E-state index < -0.39 is 0 Å². The van der Waals surface area contributed by atoms with Gasteiger partial charge < -0.3 is 4.74 Å². The Balaban J connectivity index is 2.51. The average molecular weight is 251 g/mol. The Morgan fingerprint density at radius 3 is 2.83 bits per heavy atom. The van der Waals surface area contributed by atoms with Crippen molar-refractivity contribution >= 4 is 5.97 Å². The molecule has 0 saturated heterocycles. The molecule has 1 heterocycles. The lowest BCUT2D eigenvalue weighted by Gasteiger charge is -2.13. The summed E-state index contributed by atoms with van der Waals surface area (Å²) in [7, 11) is 5.31. The number of methoxy groups -OCH3 is 1. The minimum atomic E-state index is -0.243. The number of ether oxygens (including phenoxy) is 1. The van der Waals surface area contributed by atoms with Crippen molar-refractivity contribution in [1.82, 2.24) is 14.7 Å². The van der Waals surface area contributed by atoms with Crippen molar-refractivity contribution in [3.05, 3.63) is 29.6 Å². The molecule has 0 aliphatic rings. The van der Waals surface area contributed by atoms with Crippen LogP contribution in [0.25, 0.3) is 0 Å². The largest absolute Gasteiger partial charge is 0.466 e. The topological polar surface area (TPSA) is 47.4 Å². The Morgan fingerprint density at radius 1 is 1.61 bits per heavy atom. The van der Waals surface area contributed by atoms with Gasteiger partial charge in [0.1, 0.15) is 0 Å². The minimum Gasteiger partial charge on any atom is -0.466 e. The van der Waals surface area contributed by atoms with Gasteiger partial charge in [-0.15, -0.1) is 0 Å². The molecule has 0 aromatic carbocycles. The highest BCUT2D eigenvalue weighted by molar-refractivity contribution is 5.88. The number of carbonyl (C=O) groups is 1. The van der Waals surface area contributed by atoms with Crippen LogP contribution in [0.2, 0.25) is 0 Å². The molecule has 18 heavy (non-hydrogen) atoms. The van der Waals surface area contributed by atoms with E-state index in [0.29, 0.717) is 13.0 Å². The van der Waals surface area contributed by atoms with Crippen molar-refractivity contribution < 1.29 is 9.53 Å². The normalized spacial score (nSPS) is 11.9. The average Bonchev–Trinajstić information content (AvgIpc) is 2.75. The predicted molar refractivity (Wildman–Crippen MR) is 69.9 cm³/mol. The van der Waals surface area contributed by atoms with E-state index in [1.165, 1.54) is 7.11 Å². The Labute approximate surface area is 108 Å². The second kappa shape index (κ2) is 6.96. The molecule has 1 rings (SSSR count). The molecule has 0 saturated carbocycles. The van der Waals surface area contributed by atoms with E-state index in [9.17, 15) is 4.79 Å². The van der Waals surface area contributed by atoms with Gasteiger partial charge in [-0.1, -0.05) is 13.0 Å². The van der Waals surface area contributed by atoms with E-state index in [2.05, 4.69) is 10.00 Å². The van der Waals surface area contributed by atoms with E-state index in [-0.39, 0.29) is 5.97 Å². The number of hydrogen-bond acceptors (Lipinski definition) is 4. The number of esters is 1. The lowest BCUT2D eigenvalue weighted by Crippen LogP contribution is -2.18. The summed E-state index contributed by atoms with van der Waals surface area (Å²) in [5, 5.41) is 4.12. The van der Waals surface area contributed by atoms with Crippen LogP contribution in [0.3, 0.4) is 0 Å². The molecule has 0 unspecified atom stereocenters. The lowest BCUT2D eigenvalue weighted by atomic mass is 10.2. The molecule has 0 spiro atoms. The van der Waals surface area contributed by atoms with Gasteiger partial charge in [-0.3, -0.25) is 9.58 Å². The zero-order valence-corrected chi connectivity index (χ0v) is 11.5. The zero-order valence-electron chi connectivity index (χ0n) is 11.5. The molecular formula is C13H21N3O2. The predicted octanol–water partition coefficient (Wildman–Crippen LogP) is 1.36. The maximum atomic E-state index is 11.4. The van der Waals surface area contributed by atoms with Crippen LogP contribution >= 0.6 is 0 Å². The van der Waals surface area contributed by atoms with Gasteiger partial charge in [0.2, 0.25) is 0 Å². The molecule has 0 bridgehead atoms. The molecule has 5 heteroatoms. The highest BCUT2D eigenvalue weighted by Crippen LogP contribution is 2.05. The Bertz CT molecular complexity index is 424. The van der Waals surface area contributed by atoms with Gasteiger partial charge in [-0.25, -0.2) is 4.79 Å². The number of hydrogen-bond donors (Lipinski definition) is 0. The second-order valence-corrected chi connectivity index (χ2v) is 4.29. The van der Waals surface area contributed by atoms with Gasteiger partial charge in [0.05, 0.1) is 13.3 Å². The first-order valence-electron chi connectivity index (χ1n) is 6.00. The van der Waals surface area contributed by atoms with E-state index in [1.807, 2.05) is 39.5 Å². The molecule has 0 atom stereocenters. The lowest BCUT2D eigenvalue weighted by molar-refractivity contribution is -0.136. The van der Waals surface area contributed by atoms with Crippen LogP contribution in [-0.4, -0.2) is 41.4 Å². The number of aromatic nitrogens is 2. The number of nitrogens with zero attached hydrogens (tertiary/aromatic N) is 3. The molecule has 0 aliphatic carbocycles. The van der Waals surface area contributed by atoms with E-state index >= 15 is 0 Å². The van der Waals surface area contributed by atoms with Crippen LogP contribution < -0.4 is 0 Å². The van der Waals surface area contributed by atoms with E-state index in [4.69, 9.17) is 4.74 Å². The first-order chi connectivity index (χ1) is 8.56.